The number of carbonyl (C=O) groups is 1. The molecule has 0 bridgehead atoms. The third-order valence-corrected chi connectivity index (χ3v) is 4.55. The summed E-state index contributed by atoms with van der Waals surface area (Å²) >= 11 is 0. The lowest BCUT2D eigenvalue weighted by molar-refractivity contribution is -0.147. The third-order valence-electron chi connectivity index (χ3n) is 4.55. The maximum atomic E-state index is 11.4. The Labute approximate surface area is 155 Å². The van der Waals surface area contributed by atoms with Gasteiger partial charge < -0.3 is 14.9 Å². The van der Waals surface area contributed by atoms with Crippen molar-refractivity contribution in [3.63, 3.8) is 0 Å². The molecule has 0 aliphatic rings. The fourth-order valence-corrected chi connectivity index (χ4v) is 2.99. The highest BCUT2D eigenvalue weighted by Gasteiger charge is 2.15. The van der Waals surface area contributed by atoms with Gasteiger partial charge in [0.05, 0.1) is 18.3 Å². The molecule has 0 aromatic carbocycles. The number of hydrogen-bond acceptors (Lipinski definition) is 4. The number of ether oxygens (including phenoxy) is 1. The summed E-state index contributed by atoms with van der Waals surface area (Å²) in [5.74, 6) is -0.108. The molecule has 0 saturated carbocycles. The molecule has 0 aromatic heterocycles. The molecule has 0 aliphatic heterocycles. The van der Waals surface area contributed by atoms with Crippen molar-refractivity contribution in [1.82, 2.24) is 0 Å². The van der Waals surface area contributed by atoms with Gasteiger partial charge in [-0.05, 0) is 33.1 Å². The molecule has 0 radical (unpaired) electrons. The van der Waals surface area contributed by atoms with Crippen molar-refractivity contribution in [2.45, 2.75) is 129 Å². The molecule has 0 saturated heterocycles. The highest BCUT2D eigenvalue weighted by atomic mass is 16.5. The lowest BCUT2D eigenvalue weighted by Gasteiger charge is -2.17. The Morgan fingerprint density at radius 1 is 0.760 bits per heavy atom. The molecule has 0 aliphatic carbocycles. The van der Waals surface area contributed by atoms with Crippen molar-refractivity contribution < 1.29 is 19.7 Å². The SMILES string of the molecule is CCCCCCCCC(O)C(O)CCCCCCCC(=O)OC(C)C. The van der Waals surface area contributed by atoms with Gasteiger partial charge in [-0.15, -0.1) is 0 Å². The minimum Gasteiger partial charge on any atom is -0.463 e. The lowest BCUT2D eigenvalue weighted by atomic mass is 9.99. The average Bonchev–Trinajstić information content (AvgIpc) is 2.56. The normalized spacial score (nSPS) is 13.8. The van der Waals surface area contributed by atoms with Gasteiger partial charge in [0.2, 0.25) is 0 Å². The molecule has 4 nitrogen and oxygen atoms in total. The van der Waals surface area contributed by atoms with Crippen LogP contribution in [0.1, 0.15) is 111 Å². The first-order valence-electron chi connectivity index (χ1n) is 10.5. The second-order valence-corrected chi connectivity index (χ2v) is 7.54. The predicted molar refractivity (Wildman–Crippen MR) is 104 cm³/mol. The third kappa shape index (κ3) is 16.6. The first-order valence-corrected chi connectivity index (χ1v) is 10.5. The van der Waals surface area contributed by atoms with Gasteiger partial charge in [-0.25, -0.2) is 0 Å². The van der Waals surface area contributed by atoms with Crippen LogP contribution in [0.4, 0.5) is 0 Å². The minimum atomic E-state index is -0.586. The van der Waals surface area contributed by atoms with Crippen LogP contribution in [-0.4, -0.2) is 34.5 Å². The maximum absolute atomic E-state index is 11.4. The van der Waals surface area contributed by atoms with Gasteiger partial charge in [0.25, 0.3) is 0 Å². The highest BCUT2D eigenvalue weighted by molar-refractivity contribution is 5.69. The zero-order chi connectivity index (χ0) is 18.9. The molecule has 0 amide bonds. The van der Waals surface area contributed by atoms with Crippen molar-refractivity contribution in [1.29, 1.82) is 0 Å². The van der Waals surface area contributed by atoms with E-state index in [-0.39, 0.29) is 12.1 Å². The van der Waals surface area contributed by atoms with E-state index in [9.17, 15) is 15.0 Å². The standard InChI is InChI=1S/C21H42O4/c1-4-5-6-7-9-12-15-19(22)20(23)16-13-10-8-11-14-17-21(24)25-18(2)3/h18-20,22-23H,4-17H2,1-3H3. The van der Waals surface area contributed by atoms with E-state index in [0.29, 0.717) is 19.3 Å². The second kappa shape index (κ2) is 16.8. The second-order valence-electron chi connectivity index (χ2n) is 7.54. The number of aliphatic hydroxyl groups is 2. The number of hydrogen-bond donors (Lipinski definition) is 2. The van der Waals surface area contributed by atoms with Gasteiger partial charge in [-0.3, -0.25) is 4.79 Å². The van der Waals surface area contributed by atoms with E-state index in [2.05, 4.69) is 6.92 Å². The van der Waals surface area contributed by atoms with Crippen molar-refractivity contribution in [2.75, 3.05) is 0 Å². The summed E-state index contributed by atoms with van der Waals surface area (Å²) in [6.07, 6.45) is 12.9. The van der Waals surface area contributed by atoms with Gasteiger partial charge in [0.15, 0.2) is 0 Å². The summed E-state index contributed by atoms with van der Waals surface area (Å²) in [4.78, 5) is 11.4. The highest BCUT2D eigenvalue weighted by Crippen LogP contribution is 2.15. The zero-order valence-corrected chi connectivity index (χ0v) is 16.8. The summed E-state index contributed by atoms with van der Waals surface area (Å²) in [6.45, 7) is 5.94. The first-order chi connectivity index (χ1) is 12.0. The Hall–Kier alpha value is -0.610. The Bertz CT molecular complexity index is 304. The quantitative estimate of drug-likeness (QED) is 0.279. The number of esters is 1. The molecule has 0 aromatic rings. The Morgan fingerprint density at radius 2 is 1.20 bits per heavy atom. The summed E-state index contributed by atoms with van der Waals surface area (Å²) in [5.41, 5.74) is 0. The molecule has 0 spiro atoms. The number of aliphatic hydroxyl groups excluding tert-OH is 2. The average molecular weight is 359 g/mol. The smallest absolute Gasteiger partial charge is 0.306 e. The Kier molecular flexibility index (Phi) is 16.4. The van der Waals surface area contributed by atoms with E-state index in [1.165, 1.54) is 25.7 Å². The van der Waals surface area contributed by atoms with Crippen LogP contribution in [0.15, 0.2) is 0 Å². The predicted octanol–water partition coefficient (Wildman–Crippen LogP) is 5.14. The fourth-order valence-electron chi connectivity index (χ4n) is 2.99. The molecular formula is C21H42O4. The number of carbonyl (C=O) groups excluding carboxylic acids is 1. The molecule has 0 fully saturated rings. The monoisotopic (exact) mass is 358 g/mol. The van der Waals surface area contributed by atoms with E-state index in [4.69, 9.17) is 4.74 Å². The van der Waals surface area contributed by atoms with Crippen LogP contribution in [-0.2, 0) is 9.53 Å². The summed E-state index contributed by atoms with van der Waals surface area (Å²) < 4.78 is 5.10. The largest absolute Gasteiger partial charge is 0.463 e. The van der Waals surface area contributed by atoms with Crippen LogP contribution >= 0.6 is 0 Å². The van der Waals surface area contributed by atoms with Crippen molar-refractivity contribution in [3.8, 4) is 0 Å². The fraction of sp³-hybridized carbons (Fsp3) is 0.952. The van der Waals surface area contributed by atoms with E-state index in [0.717, 1.165) is 44.9 Å². The van der Waals surface area contributed by atoms with E-state index in [1.807, 2.05) is 13.8 Å². The number of unbranched alkanes of at least 4 members (excludes halogenated alkanes) is 9. The van der Waals surface area contributed by atoms with Crippen LogP contribution in [0.5, 0.6) is 0 Å². The molecule has 0 rings (SSSR count). The van der Waals surface area contributed by atoms with Gasteiger partial charge >= 0.3 is 5.97 Å². The molecule has 2 unspecified atom stereocenters. The van der Waals surface area contributed by atoms with E-state index < -0.39 is 12.2 Å². The van der Waals surface area contributed by atoms with Gasteiger partial charge in [0, 0.05) is 6.42 Å². The van der Waals surface area contributed by atoms with Crippen LogP contribution in [0, 0.1) is 0 Å². The summed E-state index contributed by atoms with van der Waals surface area (Å²) in [7, 11) is 0. The maximum Gasteiger partial charge on any atom is 0.306 e. The Morgan fingerprint density at radius 3 is 1.68 bits per heavy atom. The lowest BCUT2D eigenvalue weighted by Crippen LogP contribution is -2.25. The molecule has 2 atom stereocenters. The van der Waals surface area contributed by atoms with Crippen LogP contribution in [0.3, 0.4) is 0 Å². The van der Waals surface area contributed by atoms with Crippen LogP contribution < -0.4 is 0 Å². The molecule has 150 valence electrons. The zero-order valence-electron chi connectivity index (χ0n) is 16.8. The van der Waals surface area contributed by atoms with E-state index in [1.54, 1.807) is 0 Å². The molecule has 0 heterocycles. The van der Waals surface area contributed by atoms with E-state index >= 15 is 0 Å². The molecular weight excluding hydrogens is 316 g/mol. The first kappa shape index (κ1) is 24.4. The number of rotatable bonds is 17. The summed E-state index contributed by atoms with van der Waals surface area (Å²) in [6, 6.07) is 0. The topological polar surface area (TPSA) is 66.8 Å². The van der Waals surface area contributed by atoms with Crippen molar-refractivity contribution in [3.05, 3.63) is 0 Å². The molecule has 25 heavy (non-hydrogen) atoms. The van der Waals surface area contributed by atoms with Gasteiger partial charge in [0.1, 0.15) is 0 Å². The molecule has 2 N–H and O–H groups in total. The van der Waals surface area contributed by atoms with Gasteiger partial charge in [-0.2, -0.15) is 0 Å². The van der Waals surface area contributed by atoms with Gasteiger partial charge in [-0.1, -0.05) is 71.1 Å². The summed E-state index contributed by atoms with van der Waals surface area (Å²) in [5, 5.41) is 20.0. The van der Waals surface area contributed by atoms with Crippen molar-refractivity contribution in [2.24, 2.45) is 0 Å². The van der Waals surface area contributed by atoms with Crippen LogP contribution in [0.2, 0.25) is 0 Å². The van der Waals surface area contributed by atoms with Crippen molar-refractivity contribution >= 4 is 5.97 Å². The minimum absolute atomic E-state index is 0.0308. The van der Waals surface area contributed by atoms with Crippen LogP contribution in [0.25, 0.3) is 0 Å². The molecule has 4 heteroatoms. The Balaban J connectivity index is 3.44.